The van der Waals surface area contributed by atoms with Gasteiger partial charge in [-0.05, 0) is 32.6 Å². The monoisotopic (exact) mass is 300 g/mol. The van der Waals surface area contributed by atoms with Crippen LogP contribution in [-0.4, -0.2) is 28.9 Å². The highest BCUT2D eigenvalue weighted by Crippen LogP contribution is 2.35. The van der Waals surface area contributed by atoms with Crippen molar-refractivity contribution in [3.63, 3.8) is 0 Å². The van der Waals surface area contributed by atoms with E-state index in [-0.39, 0.29) is 5.91 Å². The zero-order chi connectivity index (χ0) is 15.0. The molecular weight excluding hydrogens is 280 g/mol. The van der Waals surface area contributed by atoms with Crippen molar-refractivity contribution in [1.82, 2.24) is 9.88 Å². The number of hydrogen-bond donors (Lipinski definition) is 0. The molecule has 0 N–H and O–H groups in total. The summed E-state index contributed by atoms with van der Waals surface area (Å²) in [6, 6.07) is 8.55. The van der Waals surface area contributed by atoms with Gasteiger partial charge in [0.2, 0.25) is 0 Å². The average Bonchev–Trinajstić information content (AvgIpc) is 3.23. The fourth-order valence-corrected chi connectivity index (χ4v) is 3.26. The van der Waals surface area contributed by atoms with E-state index in [1.807, 2.05) is 17.3 Å². The molecule has 0 aliphatic heterocycles. The number of carbonyl (C=O) groups is 1. The zero-order valence-electron chi connectivity index (χ0n) is 12.7. The molecule has 1 fully saturated rings. The summed E-state index contributed by atoms with van der Waals surface area (Å²) >= 11 is 1.53. The highest BCUT2D eigenvalue weighted by atomic mass is 32.1. The fraction of sp³-hybridized carbons (Fsp3) is 0.412. The largest absolute Gasteiger partial charge is 0.337 e. The fourth-order valence-electron chi connectivity index (χ4n) is 2.46. The Morgan fingerprint density at radius 3 is 2.62 bits per heavy atom. The number of aryl methyl sites for hydroxylation is 1. The minimum atomic E-state index is 0.0315. The van der Waals surface area contributed by atoms with E-state index in [9.17, 15) is 4.79 Å². The summed E-state index contributed by atoms with van der Waals surface area (Å²) < 4.78 is 0. The highest BCUT2D eigenvalue weighted by Gasteiger charge is 2.33. The molecule has 3 rings (SSSR count). The quantitative estimate of drug-likeness (QED) is 0.855. The van der Waals surface area contributed by atoms with Gasteiger partial charge in [-0.1, -0.05) is 29.8 Å². The summed E-state index contributed by atoms with van der Waals surface area (Å²) in [6.07, 6.45) is 2.48. The van der Waals surface area contributed by atoms with Crippen LogP contribution in [0.2, 0.25) is 0 Å². The maximum atomic E-state index is 12.5. The van der Waals surface area contributed by atoms with Gasteiger partial charge >= 0.3 is 0 Å². The first-order valence-electron chi connectivity index (χ1n) is 7.36. The molecule has 1 aliphatic carbocycles. The van der Waals surface area contributed by atoms with E-state index in [0.717, 1.165) is 10.6 Å². The summed E-state index contributed by atoms with van der Waals surface area (Å²) in [5.74, 6) is 0.707. The van der Waals surface area contributed by atoms with Gasteiger partial charge in [0.15, 0.2) is 0 Å². The molecular formula is C17H20N2OS. The molecule has 2 aromatic rings. The SMILES string of the molecule is Cc1ccc(-c2nc(C(=O)N(C)C(C)C3CC3)cs2)cc1. The number of rotatable bonds is 4. The van der Waals surface area contributed by atoms with Gasteiger partial charge in [0.1, 0.15) is 10.7 Å². The minimum absolute atomic E-state index is 0.0315. The average molecular weight is 300 g/mol. The van der Waals surface area contributed by atoms with E-state index in [2.05, 4.69) is 43.1 Å². The van der Waals surface area contributed by atoms with E-state index < -0.39 is 0 Å². The van der Waals surface area contributed by atoms with E-state index >= 15 is 0 Å². The van der Waals surface area contributed by atoms with Gasteiger partial charge in [-0.2, -0.15) is 0 Å². The molecule has 1 saturated carbocycles. The van der Waals surface area contributed by atoms with Crippen LogP contribution >= 0.6 is 11.3 Å². The molecule has 0 spiro atoms. The second-order valence-corrected chi connectivity index (χ2v) is 6.76. The van der Waals surface area contributed by atoms with Gasteiger partial charge in [0.05, 0.1) is 0 Å². The zero-order valence-corrected chi connectivity index (χ0v) is 13.5. The number of hydrogen-bond acceptors (Lipinski definition) is 3. The van der Waals surface area contributed by atoms with Crippen molar-refractivity contribution in [2.75, 3.05) is 7.05 Å². The molecule has 1 atom stereocenters. The predicted octanol–water partition coefficient (Wildman–Crippen LogP) is 3.99. The highest BCUT2D eigenvalue weighted by molar-refractivity contribution is 7.13. The summed E-state index contributed by atoms with van der Waals surface area (Å²) in [4.78, 5) is 18.8. The van der Waals surface area contributed by atoms with Crippen LogP contribution in [0, 0.1) is 12.8 Å². The molecule has 110 valence electrons. The first-order chi connectivity index (χ1) is 10.1. The van der Waals surface area contributed by atoms with Crippen molar-refractivity contribution in [2.24, 2.45) is 5.92 Å². The molecule has 21 heavy (non-hydrogen) atoms. The lowest BCUT2D eigenvalue weighted by molar-refractivity contribution is 0.0722. The number of thiazole rings is 1. The topological polar surface area (TPSA) is 33.2 Å². The molecule has 1 amide bonds. The van der Waals surface area contributed by atoms with Gasteiger partial charge in [-0.15, -0.1) is 11.3 Å². The van der Waals surface area contributed by atoms with Crippen LogP contribution in [0.25, 0.3) is 10.6 Å². The van der Waals surface area contributed by atoms with Crippen LogP contribution in [0.4, 0.5) is 0 Å². The van der Waals surface area contributed by atoms with E-state index in [0.29, 0.717) is 17.7 Å². The molecule has 1 aromatic heterocycles. The molecule has 0 bridgehead atoms. The second kappa shape index (κ2) is 5.60. The molecule has 3 nitrogen and oxygen atoms in total. The maximum absolute atomic E-state index is 12.5. The van der Waals surface area contributed by atoms with E-state index in [1.54, 1.807) is 0 Å². The van der Waals surface area contributed by atoms with E-state index in [1.165, 1.54) is 29.7 Å². The molecule has 0 radical (unpaired) electrons. The van der Waals surface area contributed by atoms with Gasteiger partial charge in [0.25, 0.3) is 5.91 Å². The third kappa shape index (κ3) is 3.00. The normalized spacial score (nSPS) is 15.8. The Labute approximate surface area is 129 Å². The van der Waals surface area contributed by atoms with E-state index in [4.69, 9.17) is 0 Å². The number of nitrogens with zero attached hydrogens (tertiary/aromatic N) is 2. The number of amides is 1. The minimum Gasteiger partial charge on any atom is -0.337 e. The molecule has 1 aromatic carbocycles. The van der Waals surface area contributed by atoms with Gasteiger partial charge < -0.3 is 4.90 Å². The molecule has 4 heteroatoms. The molecule has 0 saturated heterocycles. The summed E-state index contributed by atoms with van der Waals surface area (Å²) in [6.45, 7) is 4.19. The Kier molecular flexibility index (Phi) is 3.81. The van der Waals surface area contributed by atoms with Crippen LogP contribution < -0.4 is 0 Å². The number of aromatic nitrogens is 1. The third-order valence-electron chi connectivity index (χ3n) is 4.26. The van der Waals surface area contributed by atoms with Crippen LogP contribution in [0.3, 0.4) is 0 Å². The number of benzene rings is 1. The third-order valence-corrected chi connectivity index (χ3v) is 5.15. The van der Waals surface area contributed by atoms with Gasteiger partial charge in [0, 0.05) is 24.0 Å². The smallest absolute Gasteiger partial charge is 0.273 e. The van der Waals surface area contributed by atoms with Crippen molar-refractivity contribution in [2.45, 2.75) is 32.7 Å². The molecule has 1 heterocycles. The van der Waals surface area contributed by atoms with Crippen molar-refractivity contribution < 1.29 is 4.79 Å². The Morgan fingerprint density at radius 2 is 2.00 bits per heavy atom. The standard InChI is InChI=1S/C17H20N2OS/c1-11-4-6-14(7-5-11)16-18-15(10-21-16)17(20)19(3)12(2)13-8-9-13/h4-7,10,12-13H,8-9H2,1-3H3. The first kappa shape index (κ1) is 14.3. The first-order valence-corrected chi connectivity index (χ1v) is 8.24. The Bertz CT molecular complexity index is 643. The molecule has 1 aliphatic rings. The lowest BCUT2D eigenvalue weighted by Gasteiger charge is -2.23. The number of carbonyl (C=O) groups excluding carboxylic acids is 1. The maximum Gasteiger partial charge on any atom is 0.273 e. The lowest BCUT2D eigenvalue weighted by atomic mass is 10.1. The predicted molar refractivity (Wildman–Crippen MR) is 86.6 cm³/mol. The molecule has 1 unspecified atom stereocenters. The van der Waals surface area contributed by atoms with Crippen molar-refractivity contribution in [3.05, 3.63) is 40.9 Å². The van der Waals surface area contributed by atoms with Crippen LogP contribution in [0.15, 0.2) is 29.6 Å². The Hall–Kier alpha value is -1.68. The van der Waals surface area contributed by atoms with Gasteiger partial charge in [-0.3, -0.25) is 4.79 Å². The Morgan fingerprint density at radius 1 is 1.33 bits per heavy atom. The Balaban J connectivity index is 1.77. The summed E-state index contributed by atoms with van der Waals surface area (Å²) in [5.41, 5.74) is 2.86. The van der Waals surface area contributed by atoms with Crippen molar-refractivity contribution in [3.8, 4) is 10.6 Å². The second-order valence-electron chi connectivity index (χ2n) is 5.90. The van der Waals surface area contributed by atoms with Crippen LogP contribution in [0.5, 0.6) is 0 Å². The van der Waals surface area contributed by atoms with Crippen LogP contribution in [-0.2, 0) is 0 Å². The summed E-state index contributed by atoms with van der Waals surface area (Å²) in [7, 11) is 1.89. The van der Waals surface area contributed by atoms with Crippen molar-refractivity contribution in [1.29, 1.82) is 0 Å². The lowest BCUT2D eigenvalue weighted by Crippen LogP contribution is -2.36. The van der Waals surface area contributed by atoms with Crippen LogP contribution in [0.1, 0.15) is 35.8 Å². The van der Waals surface area contributed by atoms with Crippen molar-refractivity contribution >= 4 is 17.2 Å². The summed E-state index contributed by atoms with van der Waals surface area (Å²) in [5, 5.41) is 2.78. The van der Waals surface area contributed by atoms with Gasteiger partial charge in [-0.25, -0.2) is 4.98 Å².